The minimum Gasteiger partial charge on any atom is -0.356 e. The fraction of sp³-hybridized carbons (Fsp3) is 0.611. The first-order chi connectivity index (χ1) is 11.4. The number of hydrogen-bond acceptors (Lipinski definition) is 2. The highest BCUT2D eigenvalue weighted by atomic mass is 19.1. The summed E-state index contributed by atoms with van der Waals surface area (Å²) in [4.78, 5) is 6.68. The quantitative estimate of drug-likeness (QED) is 0.640. The average Bonchev–Trinajstić information content (AvgIpc) is 2.91. The molecule has 6 heteroatoms. The van der Waals surface area contributed by atoms with Crippen molar-refractivity contribution in [1.82, 2.24) is 15.5 Å². The standard InChI is InChI=1S/C18H28F2N4/c1-12(2)24-10-13(3)17(11-24)23-18(21-4)22-8-7-14-9-15(19)5-6-16(14)20/h5-6,9,12-13,17H,7-8,10-11H2,1-4H3,(H2,21,22,23). The number of nitrogens with one attached hydrogen (secondary N) is 2. The van der Waals surface area contributed by atoms with Crippen LogP contribution >= 0.6 is 0 Å². The Kier molecular flexibility index (Phi) is 6.54. The monoisotopic (exact) mass is 338 g/mol. The first-order valence-corrected chi connectivity index (χ1v) is 8.56. The number of halogens is 2. The van der Waals surface area contributed by atoms with Gasteiger partial charge in [-0.3, -0.25) is 9.89 Å². The summed E-state index contributed by atoms with van der Waals surface area (Å²) in [5.41, 5.74) is 0.373. The predicted molar refractivity (Wildman–Crippen MR) is 94.2 cm³/mol. The van der Waals surface area contributed by atoms with Gasteiger partial charge in [0.05, 0.1) is 0 Å². The molecule has 1 heterocycles. The zero-order chi connectivity index (χ0) is 17.7. The van der Waals surface area contributed by atoms with Gasteiger partial charge in [-0.15, -0.1) is 0 Å². The molecule has 1 aliphatic heterocycles. The third-order valence-corrected chi connectivity index (χ3v) is 4.61. The van der Waals surface area contributed by atoms with E-state index in [2.05, 4.69) is 41.3 Å². The van der Waals surface area contributed by atoms with Crippen molar-refractivity contribution in [2.24, 2.45) is 10.9 Å². The van der Waals surface area contributed by atoms with Crippen LogP contribution in [0.2, 0.25) is 0 Å². The third kappa shape index (κ3) is 4.90. The topological polar surface area (TPSA) is 39.7 Å². The van der Waals surface area contributed by atoms with Gasteiger partial charge in [-0.1, -0.05) is 6.92 Å². The molecule has 0 aromatic heterocycles. The van der Waals surface area contributed by atoms with Crippen LogP contribution in [0, 0.1) is 17.6 Å². The van der Waals surface area contributed by atoms with Crippen molar-refractivity contribution in [1.29, 1.82) is 0 Å². The van der Waals surface area contributed by atoms with E-state index in [0.29, 0.717) is 42.5 Å². The zero-order valence-electron chi connectivity index (χ0n) is 14.9. The molecule has 0 spiro atoms. The molecular formula is C18H28F2N4. The van der Waals surface area contributed by atoms with Crippen LogP contribution in [-0.2, 0) is 6.42 Å². The molecule has 2 unspecified atom stereocenters. The van der Waals surface area contributed by atoms with E-state index in [1.54, 1.807) is 7.05 Å². The number of guanidine groups is 1. The van der Waals surface area contributed by atoms with Crippen LogP contribution in [0.4, 0.5) is 8.78 Å². The van der Waals surface area contributed by atoms with Gasteiger partial charge < -0.3 is 10.6 Å². The maximum absolute atomic E-state index is 13.6. The smallest absolute Gasteiger partial charge is 0.191 e. The lowest BCUT2D eigenvalue weighted by atomic mass is 10.1. The highest BCUT2D eigenvalue weighted by molar-refractivity contribution is 5.80. The molecule has 1 aromatic carbocycles. The number of benzene rings is 1. The lowest BCUT2D eigenvalue weighted by molar-refractivity contribution is 0.265. The Morgan fingerprint density at radius 3 is 2.71 bits per heavy atom. The molecule has 2 rings (SSSR count). The van der Waals surface area contributed by atoms with Gasteiger partial charge in [0.2, 0.25) is 0 Å². The lowest BCUT2D eigenvalue weighted by Gasteiger charge is -2.22. The molecule has 2 N–H and O–H groups in total. The molecule has 0 radical (unpaired) electrons. The van der Waals surface area contributed by atoms with Crippen molar-refractivity contribution in [3.63, 3.8) is 0 Å². The van der Waals surface area contributed by atoms with E-state index in [1.165, 1.54) is 12.1 Å². The number of likely N-dealkylation sites (tertiary alicyclic amines) is 1. The van der Waals surface area contributed by atoms with Gasteiger partial charge in [-0.05, 0) is 49.9 Å². The summed E-state index contributed by atoms with van der Waals surface area (Å²) in [5.74, 6) is 0.446. The van der Waals surface area contributed by atoms with Crippen LogP contribution in [0.5, 0.6) is 0 Å². The maximum atomic E-state index is 13.6. The van der Waals surface area contributed by atoms with Crippen molar-refractivity contribution >= 4 is 5.96 Å². The first-order valence-electron chi connectivity index (χ1n) is 8.56. The molecule has 0 aliphatic carbocycles. The highest BCUT2D eigenvalue weighted by Crippen LogP contribution is 2.18. The van der Waals surface area contributed by atoms with Gasteiger partial charge in [0.1, 0.15) is 11.6 Å². The number of hydrogen-bond donors (Lipinski definition) is 2. The zero-order valence-corrected chi connectivity index (χ0v) is 14.9. The SMILES string of the molecule is CN=C(NCCc1cc(F)ccc1F)NC1CN(C(C)C)CC1C. The molecule has 0 amide bonds. The Morgan fingerprint density at radius 2 is 2.08 bits per heavy atom. The molecule has 134 valence electrons. The van der Waals surface area contributed by atoms with Crippen molar-refractivity contribution in [3.05, 3.63) is 35.4 Å². The van der Waals surface area contributed by atoms with E-state index < -0.39 is 5.82 Å². The molecule has 1 saturated heterocycles. The minimum absolute atomic E-state index is 0.338. The molecule has 1 aromatic rings. The second-order valence-corrected chi connectivity index (χ2v) is 6.76. The Hall–Kier alpha value is -1.69. The van der Waals surface area contributed by atoms with Crippen LogP contribution in [-0.4, -0.2) is 49.6 Å². The molecule has 4 nitrogen and oxygen atoms in total. The van der Waals surface area contributed by atoms with Crippen LogP contribution in [0.25, 0.3) is 0 Å². The second kappa shape index (κ2) is 8.42. The van der Waals surface area contributed by atoms with Crippen molar-refractivity contribution in [3.8, 4) is 0 Å². The highest BCUT2D eigenvalue weighted by Gasteiger charge is 2.31. The Morgan fingerprint density at radius 1 is 1.33 bits per heavy atom. The molecule has 24 heavy (non-hydrogen) atoms. The van der Waals surface area contributed by atoms with E-state index in [0.717, 1.165) is 19.2 Å². The lowest BCUT2D eigenvalue weighted by Crippen LogP contribution is -2.47. The van der Waals surface area contributed by atoms with Gasteiger partial charge in [0.25, 0.3) is 0 Å². The van der Waals surface area contributed by atoms with E-state index >= 15 is 0 Å². The van der Waals surface area contributed by atoms with Crippen molar-refractivity contribution in [2.45, 2.75) is 39.3 Å². The molecule has 1 aliphatic rings. The van der Waals surface area contributed by atoms with Crippen LogP contribution in [0.15, 0.2) is 23.2 Å². The fourth-order valence-electron chi connectivity index (χ4n) is 3.03. The number of nitrogens with zero attached hydrogens (tertiary/aromatic N) is 2. The Labute approximate surface area is 143 Å². The average molecular weight is 338 g/mol. The summed E-state index contributed by atoms with van der Waals surface area (Å²) < 4.78 is 26.8. The second-order valence-electron chi connectivity index (χ2n) is 6.76. The minimum atomic E-state index is -0.414. The van der Waals surface area contributed by atoms with E-state index in [9.17, 15) is 8.78 Å². The molecule has 0 saturated carbocycles. The first kappa shape index (κ1) is 18.6. The van der Waals surface area contributed by atoms with Crippen LogP contribution in [0.1, 0.15) is 26.3 Å². The largest absolute Gasteiger partial charge is 0.356 e. The summed E-state index contributed by atoms with van der Waals surface area (Å²) in [5, 5.41) is 6.63. The maximum Gasteiger partial charge on any atom is 0.191 e. The normalized spacial score (nSPS) is 22.2. The van der Waals surface area contributed by atoms with Gasteiger partial charge in [-0.2, -0.15) is 0 Å². The Bertz CT molecular complexity index is 574. The van der Waals surface area contributed by atoms with E-state index in [-0.39, 0.29) is 5.82 Å². The van der Waals surface area contributed by atoms with E-state index in [1.807, 2.05) is 0 Å². The van der Waals surface area contributed by atoms with Gasteiger partial charge in [0, 0.05) is 38.8 Å². The van der Waals surface area contributed by atoms with Gasteiger partial charge in [-0.25, -0.2) is 8.78 Å². The van der Waals surface area contributed by atoms with Gasteiger partial charge >= 0.3 is 0 Å². The number of aliphatic imine (C=N–C) groups is 1. The van der Waals surface area contributed by atoms with Crippen LogP contribution in [0.3, 0.4) is 0 Å². The molecule has 0 bridgehead atoms. The van der Waals surface area contributed by atoms with Crippen LogP contribution < -0.4 is 10.6 Å². The molecule has 1 fully saturated rings. The van der Waals surface area contributed by atoms with Crippen molar-refractivity contribution in [2.75, 3.05) is 26.7 Å². The summed E-state index contributed by atoms with van der Waals surface area (Å²) in [7, 11) is 1.72. The van der Waals surface area contributed by atoms with E-state index in [4.69, 9.17) is 0 Å². The summed E-state index contributed by atoms with van der Waals surface area (Å²) >= 11 is 0. The summed E-state index contributed by atoms with van der Waals surface area (Å²) in [6.45, 7) is 9.19. The predicted octanol–water partition coefficient (Wildman–Crippen LogP) is 2.40. The number of rotatable bonds is 5. The van der Waals surface area contributed by atoms with Crippen molar-refractivity contribution < 1.29 is 8.78 Å². The summed E-state index contributed by atoms with van der Waals surface area (Å²) in [6.07, 6.45) is 0.405. The Balaban J connectivity index is 1.84. The van der Waals surface area contributed by atoms with Gasteiger partial charge in [0.15, 0.2) is 5.96 Å². The third-order valence-electron chi connectivity index (χ3n) is 4.61. The fourth-order valence-corrected chi connectivity index (χ4v) is 3.03. The summed E-state index contributed by atoms with van der Waals surface area (Å²) in [6, 6.07) is 4.41. The molecule has 2 atom stereocenters. The molecular weight excluding hydrogens is 310 g/mol.